The van der Waals surface area contributed by atoms with Crippen LogP contribution in [-0.4, -0.2) is 21.0 Å². The minimum absolute atomic E-state index is 0.0992. The number of nitrogens with zero attached hydrogens (tertiary/aromatic N) is 2. The van der Waals surface area contributed by atoms with Crippen LogP contribution in [0.25, 0.3) is 10.2 Å². The average Bonchev–Trinajstić information content (AvgIpc) is 2.84. The molecule has 0 fully saturated rings. The summed E-state index contributed by atoms with van der Waals surface area (Å²) in [5, 5.41) is 13.7. The van der Waals surface area contributed by atoms with Crippen molar-refractivity contribution < 1.29 is 14.3 Å². The van der Waals surface area contributed by atoms with Crippen LogP contribution in [0.5, 0.6) is 0 Å². The Balaban J connectivity index is 2.01. The van der Waals surface area contributed by atoms with Crippen LogP contribution in [0, 0.1) is 12.7 Å². The van der Waals surface area contributed by atoms with E-state index in [1.807, 2.05) is 12.3 Å². The predicted octanol–water partition coefficient (Wildman–Crippen LogP) is 3.58. The molecule has 0 bridgehead atoms. The van der Waals surface area contributed by atoms with Crippen molar-refractivity contribution in [2.45, 2.75) is 6.92 Å². The number of aromatic nitrogens is 2. The van der Waals surface area contributed by atoms with Gasteiger partial charge in [-0.15, -0.1) is 11.3 Å². The zero-order valence-corrected chi connectivity index (χ0v) is 11.7. The minimum atomic E-state index is -1.17. The number of halogens is 1. The molecule has 0 aliphatic heterocycles. The van der Waals surface area contributed by atoms with Gasteiger partial charge in [0.05, 0.1) is 21.5 Å². The molecule has 1 aromatic carbocycles. The van der Waals surface area contributed by atoms with E-state index in [1.165, 1.54) is 29.8 Å². The molecular formula is C14H10FN3O2S. The van der Waals surface area contributed by atoms with E-state index in [-0.39, 0.29) is 11.3 Å². The van der Waals surface area contributed by atoms with E-state index in [1.54, 1.807) is 0 Å². The molecule has 0 aliphatic rings. The molecule has 5 nitrogen and oxygen atoms in total. The van der Waals surface area contributed by atoms with Crippen molar-refractivity contribution in [2.24, 2.45) is 0 Å². The molecule has 0 saturated carbocycles. The summed E-state index contributed by atoms with van der Waals surface area (Å²) in [7, 11) is 0. The first-order valence-electron chi connectivity index (χ1n) is 6.05. The Hall–Kier alpha value is -2.54. The molecule has 0 atom stereocenters. The third kappa shape index (κ3) is 2.43. The van der Waals surface area contributed by atoms with E-state index in [2.05, 4.69) is 15.3 Å². The molecule has 2 N–H and O–H groups in total. The van der Waals surface area contributed by atoms with E-state index in [9.17, 15) is 9.18 Å². The molecule has 0 aliphatic carbocycles. The Labute approximate surface area is 123 Å². The molecule has 7 heteroatoms. The second-order valence-corrected chi connectivity index (χ2v) is 5.32. The van der Waals surface area contributed by atoms with Crippen LogP contribution in [0.3, 0.4) is 0 Å². The molecule has 0 saturated heterocycles. The molecule has 0 unspecified atom stereocenters. The fourth-order valence-electron chi connectivity index (χ4n) is 1.94. The van der Waals surface area contributed by atoms with Crippen LogP contribution in [0.1, 0.15) is 15.9 Å². The first-order valence-corrected chi connectivity index (χ1v) is 6.93. The quantitative estimate of drug-likeness (QED) is 0.773. The highest BCUT2D eigenvalue weighted by Gasteiger charge is 2.12. The number of benzene rings is 1. The monoisotopic (exact) mass is 303 g/mol. The van der Waals surface area contributed by atoms with Gasteiger partial charge in [0.1, 0.15) is 12.1 Å². The summed E-state index contributed by atoms with van der Waals surface area (Å²) in [6.45, 7) is 1.94. The SMILES string of the molecule is Cc1csc2c(Nc3ccc(C(=O)O)cc3F)ncnc12. The molecule has 2 aromatic heterocycles. The molecule has 3 aromatic rings. The number of carboxylic acid groups (broad SMARTS) is 1. The molecule has 2 heterocycles. The Morgan fingerprint density at radius 1 is 1.38 bits per heavy atom. The summed E-state index contributed by atoms with van der Waals surface area (Å²) >= 11 is 1.47. The molecule has 0 radical (unpaired) electrons. The van der Waals surface area contributed by atoms with Gasteiger partial charge in [0, 0.05) is 0 Å². The van der Waals surface area contributed by atoms with E-state index >= 15 is 0 Å². The Morgan fingerprint density at radius 3 is 2.90 bits per heavy atom. The number of carboxylic acids is 1. The number of thiophene rings is 1. The van der Waals surface area contributed by atoms with Crippen LogP contribution in [0.2, 0.25) is 0 Å². The zero-order valence-electron chi connectivity index (χ0n) is 10.9. The number of carbonyl (C=O) groups is 1. The van der Waals surface area contributed by atoms with Gasteiger partial charge >= 0.3 is 5.97 Å². The summed E-state index contributed by atoms with van der Waals surface area (Å²) < 4.78 is 14.8. The van der Waals surface area contributed by atoms with Crippen molar-refractivity contribution in [1.29, 1.82) is 0 Å². The van der Waals surface area contributed by atoms with Gasteiger partial charge in [0.25, 0.3) is 0 Å². The van der Waals surface area contributed by atoms with Gasteiger partial charge in [-0.25, -0.2) is 19.2 Å². The summed E-state index contributed by atoms with van der Waals surface area (Å²) in [5.74, 6) is -1.31. The first kappa shape index (κ1) is 13.4. The summed E-state index contributed by atoms with van der Waals surface area (Å²) in [6.07, 6.45) is 1.41. The largest absolute Gasteiger partial charge is 0.478 e. The number of hydrogen-bond donors (Lipinski definition) is 2. The number of nitrogens with one attached hydrogen (secondary N) is 1. The normalized spacial score (nSPS) is 10.8. The summed E-state index contributed by atoms with van der Waals surface area (Å²) in [5.41, 5.74) is 1.92. The maximum atomic E-state index is 13.9. The number of aryl methyl sites for hydroxylation is 1. The van der Waals surface area contributed by atoms with E-state index in [4.69, 9.17) is 5.11 Å². The number of hydrogen-bond acceptors (Lipinski definition) is 5. The predicted molar refractivity (Wildman–Crippen MR) is 78.8 cm³/mol. The Bertz CT molecular complexity index is 847. The van der Waals surface area contributed by atoms with Crippen LogP contribution in [-0.2, 0) is 0 Å². The fraction of sp³-hybridized carbons (Fsp3) is 0.0714. The Kier molecular flexibility index (Phi) is 3.26. The molecule has 0 amide bonds. The maximum Gasteiger partial charge on any atom is 0.335 e. The van der Waals surface area contributed by atoms with E-state index in [0.29, 0.717) is 5.82 Å². The molecule has 21 heavy (non-hydrogen) atoms. The average molecular weight is 303 g/mol. The lowest BCUT2D eigenvalue weighted by atomic mass is 10.2. The first-order chi connectivity index (χ1) is 10.1. The van der Waals surface area contributed by atoms with Gasteiger partial charge in [0.2, 0.25) is 0 Å². The van der Waals surface area contributed by atoms with Gasteiger partial charge in [0.15, 0.2) is 5.82 Å². The minimum Gasteiger partial charge on any atom is -0.478 e. The van der Waals surface area contributed by atoms with Crippen molar-refractivity contribution in [3.05, 3.63) is 46.9 Å². The summed E-state index contributed by atoms with van der Waals surface area (Å²) in [6, 6.07) is 3.70. The Morgan fingerprint density at radius 2 is 2.19 bits per heavy atom. The molecular weight excluding hydrogens is 293 g/mol. The van der Waals surface area contributed by atoms with Gasteiger partial charge in [-0.1, -0.05) is 0 Å². The number of rotatable bonds is 3. The van der Waals surface area contributed by atoms with Crippen molar-refractivity contribution in [3.8, 4) is 0 Å². The lowest BCUT2D eigenvalue weighted by molar-refractivity contribution is 0.0696. The molecule has 3 rings (SSSR count). The van der Waals surface area contributed by atoms with Crippen molar-refractivity contribution in [3.63, 3.8) is 0 Å². The third-order valence-corrected chi connectivity index (χ3v) is 4.09. The van der Waals surface area contributed by atoms with Crippen molar-refractivity contribution in [1.82, 2.24) is 9.97 Å². The van der Waals surface area contributed by atoms with Gasteiger partial charge in [-0.05, 0) is 36.1 Å². The highest BCUT2D eigenvalue weighted by Crippen LogP contribution is 2.31. The molecule has 0 spiro atoms. The van der Waals surface area contributed by atoms with Crippen LogP contribution in [0.4, 0.5) is 15.9 Å². The van der Waals surface area contributed by atoms with Gasteiger partial charge in [-0.3, -0.25) is 0 Å². The van der Waals surface area contributed by atoms with Crippen molar-refractivity contribution in [2.75, 3.05) is 5.32 Å². The van der Waals surface area contributed by atoms with Crippen LogP contribution < -0.4 is 5.32 Å². The maximum absolute atomic E-state index is 13.9. The van der Waals surface area contributed by atoms with E-state index < -0.39 is 11.8 Å². The van der Waals surface area contributed by atoms with Gasteiger partial charge < -0.3 is 10.4 Å². The zero-order chi connectivity index (χ0) is 15.0. The van der Waals surface area contributed by atoms with Gasteiger partial charge in [-0.2, -0.15) is 0 Å². The number of fused-ring (bicyclic) bond motifs is 1. The second kappa shape index (κ2) is 5.10. The number of aromatic carboxylic acids is 1. The standard InChI is InChI=1S/C14H10FN3O2S/c1-7-5-21-12-11(7)16-6-17-13(12)18-10-3-2-8(14(19)20)4-9(10)15/h2-6H,1H3,(H,19,20)(H,16,17,18). The highest BCUT2D eigenvalue weighted by atomic mass is 32.1. The van der Waals surface area contributed by atoms with Crippen LogP contribution in [0.15, 0.2) is 29.9 Å². The smallest absolute Gasteiger partial charge is 0.335 e. The topological polar surface area (TPSA) is 75.1 Å². The van der Waals surface area contributed by atoms with Crippen molar-refractivity contribution >= 4 is 39.0 Å². The third-order valence-electron chi connectivity index (χ3n) is 3.00. The van der Waals surface area contributed by atoms with Crippen LogP contribution >= 0.6 is 11.3 Å². The number of anilines is 2. The summed E-state index contributed by atoms with van der Waals surface area (Å²) in [4.78, 5) is 19.1. The lowest BCUT2D eigenvalue weighted by Crippen LogP contribution is -2.01. The highest BCUT2D eigenvalue weighted by molar-refractivity contribution is 7.18. The fourth-order valence-corrected chi connectivity index (χ4v) is 2.88. The second-order valence-electron chi connectivity index (χ2n) is 4.44. The molecule has 106 valence electrons. The van der Waals surface area contributed by atoms with E-state index in [0.717, 1.165) is 21.8 Å². The lowest BCUT2D eigenvalue weighted by Gasteiger charge is -2.08.